The van der Waals surface area contributed by atoms with Crippen LogP contribution in [0.15, 0.2) is 40.2 Å². The van der Waals surface area contributed by atoms with Crippen LogP contribution in [0.25, 0.3) is 11.3 Å². The average molecular weight is 439 g/mol. The lowest BCUT2D eigenvalue weighted by Crippen LogP contribution is -2.16. The third-order valence-electron chi connectivity index (χ3n) is 3.68. The summed E-state index contributed by atoms with van der Waals surface area (Å²) in [6.07, 6.45) is 0. The molecule has 1 aromatic heterocycles. The lowest BCUT2D eigenvalue weighted by Gasteiger charge is -2.08. The maximum Gasteiger partial charge on any atom is 0.254 e. The van der Waals surface area contributed by atoms with Gasteiger partial charge in [0.25, 0.3) is 5.91 Å². The number of aryl methyl sites for hydroxylation is 1. The molecule has 134 valence electrons. The lowest BCUT2D eigenvalue weighted by molar-refractivity contribution is 0.0991. The second-order valence-corrected chi connectivity index (χ2v) is 7.83. The van der Waals surface area contributed by atoms with Crippen molar-refractivity contribution in [2.24, 2.45) is 5.73 Å². The van der Waals surface area contributed by atoms with Gasteiger partial charge in [-0.15, -0.1) is 11.3 Å². The molecule has 0 aliphatic heterocycles. The van der Waals surface area contributed by atoms with Gasteiger partial charge >= 0.3 is 0 Å². The number of carbonyl (C=O) groups is 1. The molecule has 0 saturated heterocycles. The van der Waals surface area contributed by atoms with Gasteiger partial charge in [0.1, 0.15) is 23.0 Å². The highest BCUT2D eigenvalue weighted by molar-refractivity contribution is 9.11. The van der Waals surface area contributed by atoms with Crippen molar-refractivity contribution in [1.82, 2.24) is 4.98 Å². The number of nitrogens with zero attached hydrogens (tertiary/aromatic N) is 1. The summed E-state index contributed by atoms with van der Waals surface area (Å²) in [6, 6.07) is 9.85. The Hall–Kier alpha value is -2.32. The van der Waals surface area contributed by atoms with Gasteiger partial charge < -0.3 is 10.5 Å². The Morgan fingerprint density at radius 3 is 2.69 bits per heavy atom. The molecule has 2 N–H and O–H groups in total. The van der Waals surface area contributed by atoms with E-state index >= 15 is 0 Å². The molecule has 2 aromatic carbocycles. The van der Waals surface area contributed by atoms with E-state index in [-0.39, 0.29) is 12.4 Å². The van der Waals surface area contributed by atoms with Gasteiger partial charge in [0.05, 0.1) is 9.48 Å². The second-order valence-electron chi connectivity index (χ2n) is 5.43. The molecule has 1 amide bonds. The molecule has 0 atom stereocenters. The average Bonchev–Trinajstić information content (AvgIpc) is 2.95. The summed E-state index contributed by atoms with van der Waals surface area (Å²) in [5, 5.41) is 0.597. The van der Waals surface area contributed by atoms with E-state index in [1.807, 2.05) is 31.2 Å². The molecule has 0 radical (unpaired) electrons. The molecule has 3 aromatic rings. The van der Waals surface area contributed by atoms with Gasteiger partial charge in [-0.2, -0.15) is 0 Å². The van der Waals surface area contributed by atoms with Crippen LogP contribution >= 0.6 is 27.3 Å². The number of halogens is 3. The zero-order valence-corrected chi connectivity index (χ0v) is 16.0. The van der Waals surface area contributed by atoms with Crippen LogP contribution in [0.1, 0.15) is 20.9 Å². The standard InChI is InChI=1S/C18H13BrF2N2O2S/c1-9-4-2-3-5-10(9)16-17(19)26-13(23-16)8-25-12-7-6-11(20)14(15(12)21)18(22)24/h2-7H,8H2,1H3,(H2,22,24). The predicted octanol–water partition coefficient (Wildman–Crippen LogP) is 4.84. The highest BCUT2D eigenvalue weighted by atomic mass is 79.9. The minimum Gasteiger partial charge on any atom is -0.483 e. The molecule has 0 spiro atoms. The molecule has 1 heterocycles. The largest absolute Gasteiger partial charge is 0.483 e. The first kappa shape index (κ1) is 18.5. The molecule has 0 fully saturated rings. The van der Waals surface area contributed by atoms with Gasteiger partial charge in [0.2, 0.25) is 0 Å². The number of hydrogen-bond donors (Lipinski definition) is 1. The first-order chi connectivity index (χ1) is 12.4. The highest BCUT2D eigenvalue weighted by Crippen LogP contribution is 2.35. The van der Waals surface area contributed by atoms with Crippen LogP contribution in [0.2, 0.25) is 0 Å². The third-order valence-corrected chi connectivity index (χ3v) is 5.36. The number of thiazole rings is 1. The number of nitrogens with two attached hydrogens (primary N) is 1. The fourth-order valence-electron chi connectivity index (χ4n) is 2.42. The molecular weight excluding hydrogens is 426 g/mol. The van der Waals surface area contributed by atoms with E-state index in [2.05, 4.69) is 20.9 Å². The summed E-state index contributed by atoms with van der Waals surface area (Å²) in [4.78, 5) is 15.7. The van der Waals surface area contributed by atoms with Crippen molar-refractivity contribution in [3.8, 4) is 17.0 Å². The molecule has 3 rings (SSSR count). The van der Waals surface area contributed by atoms with Crippen LogP contribution in [0, 0.1) is 18.6 Å². The highest BCUT2D eigenvalue weighted by Gasteiger charge is 2.20. The monoisotopic (exact) mass is 438 g/mol. The van der Waals surface area contributed by atoms with Crippen LogP contribution in [0.3, 0.4) is 0 Å². The van der Waals surface area contributed by atoms with E-state index < -0.39 is 23.1 Å². The first-order valence-corrected chi connectivity index (χ1v) is 9.11. The number of carbonyl (C=O) groups excluding carboxylic acids is 1. The lowest BCUT2D eigenvalue weighted by atomic mass is 10.1. The van der Waals surface area contributed by atoms with Crippen molar-refractivity contribution < 1.29 is 18.3 Å². The van der Waals surface area contributed by atoms with E-state index in [0.29, 0.717) is 5.01 Å². The summed E-state index contributed by atoms with van der Waals surface area (Å²) in [5.74, 6) is -3.60. The molecule has 0 saturated carbocycles. The fourth-order valence-corrected chi connectivity index (χ4v) is 4.00. The molecule has 8 heteroatoms. The molecule has 0 unspecified atom stereocenters. The van der Waals surface area contributed by atoms with Gasteiger partial charge in [-0.3, -0.25) is 4.79 Å². The Kier molecular flexibility index (Phi) is 5.33. The predicted molar refractivity (Wildman–Crippen MR) is 99.2 cm³/mol. The SMILES string of the molecule is Cc1ccccc1-c1nc(COc2ccc(F)c(C(N)=O)c2F)sc1Br. The van der Waals surface area contributed by atoms with Crippen LogP contribution in [-0.2, 0) is 6.61 Å². The zero-order valence-electron chi connectivity index (χ0n) is 13.6. The zero-order chi connectivity index (χ0) is 18.8. The van der Waals surface area contributed by atoms with Crippen LogP contribution < -0.4 is 10.5 Å². The van der Waals surface area contributed by atoms with Crippen LogP contribution in [0.4, 0.5) is 8.78 Å². The van der Waals surface area contributed by atoms with E-state index in [9.17, 15) is 13.6 Å². The number of aromatic nitrogens is 1. The van der Waals surface area contributed by atoms with E-state index in [0.717, 1.165) is 32.7 Å². The van der Waals surface area contributed by atoms with Crippen molar-refractivity contribution in [2.75, 3.05) is 0 Å². The Balaban J connectivity index is 1.84. The minimum absolute atomic E-state index is 0.0318. The Labute approximate surface area is 160 Å². The van der Waals surface area contributed by atoms with Crippen molar-refractivity contribution in [1.29, 1.82) is 0 Å². The number of amides is 1. The molecule has 0 bridgehead atoms. The van der Waals surface area contributed by atoms with Crippen LogP contribution in [-0.4, -0.2) is 10.9 Å². The molecule has 0 aliphatic carbocycles. The van der Waals surface area contributed by atoms with Gasteiger partial charge in [-0.05, 0) is 40.5 Å². The second kappa shape index (κ2) is 7.51. The van der Waals surface area contributed by atoms with E-state index in [1.165, 1.54) is 11.3 Å². The molecular formula is C18H13BrF2N2O2S. The van der Waals surface area contributed by atoms with Crippen LogP contribution in [0.5, 0.6) is 5.75 Å². The summed E-state index contributed by atoms with van der Waals surface area (Å²) in [5.41, 5.74) is 7.00. The van der Waals surface area contributed by atoms with E-state index in [1.54, 1.807) is 0 Å². The number of benzene rings is 2. The van der Waals surface area contributed by atoms with Gasteiger partial charge in [0.15, 0.2) is 11.6 Å². The van der Waals surface area contributed by atoms with E-state index in [4.69, 9.17) is 10.5 Å². The maximum absolute atomic E-state index is 14.2. The van der Waals surface area contributed by atoms with Gasteiger partial charge in [0, 0.05) is 5.56 Å². The quantitative estimate of drug-likeness (QED) is 0.619. The van der Waals surface area contributed by atoms with Crippen molar-refractivity contribution in [3.05, 3.63) is 68.0 Å². The third kappa shape index (κ3) is 3.61. The van der Waals surface area contributed by atoms with Crippen molar-refractivity contribution in [3.63, 3.8) is 0 Å². The summed E-state index contributed by atoms with van der Waals surface area (Å²) in [6.45, 7) is 1.95. The summed E-state index contributed by atoms with van der Waals surface area (Å²) >= 11 is 4.83. The topological polar surface area (TPSA) is 65.2 Å². The maximum atomic E-state index is 14.2. The Bertz CT molecular complexity index is 991. The van der Waals surface area contributed by atoms with Gasteiger partial charge in [-0.25, -0.2) is 13.8 Å². The molecule has 4 nitrogen and oxygen atoms in total. The van der Waals surface area contributed by atoms with Crippen molar-refractivity contribution >= 4 is 33.2 Å². The fraction of sp³-hybridized carbons (Fsp3) is 0.111. The Morgan fingerprint density at radius 2 is 2.00 bits per heavy atom. The summed E-state index contributed by atoms with van der Waals surface area (Å²) in [7, 11) is 0. The number of ether oxygens (including phenoxy) is 1. The number of hydrogen-bond acceptors (Lipinski definition) is 4. The number of rotatable bonds is 5. The summed E-state index contributed by atoms with van der Waals surface area (Å²) < 4.78 is 33.9. The number of primary amides is 1. The normalized spacial score (nSPS) is 10.8. The van der Waals surface area contributed by atoms with Gasteiger partial charge in [-0.1, -0.05) is 24.3 Å². The molecule has 0 aliphatic rings. The Morgan fingerprint density at radius 1 is 1.27 bits per heavy atom. The van der Waals surface area contributed by atoms with Crippen molar-refractivity contribution in [2.45, 2.75) is 13.5 Å². The smallest absolute Gasteiger partial charge is 0.254 e. The first-order valence-electron chi connectivity index (χ1n) is 7.50. The minimum atomic E-state index is -1.19. The molecule has 26 heavy (non-hydrogen) atoms.